The number of carbonyl (C=O) groups excluding carboxylic acids is 1. The van der Waals surface area contributed by atoms with E-state index in [4.69, 9.17) is 0 Å². The summed E-state index contributed by atoms with van der Waals surface area (Å²) in [6, 6.07) is 13.6. The first-order valence-corrected chi connectivity index (χ1v) is 11.6. The molecule has 1 N–H and O–H groups in total. The highest BCUT2D eigenvalue weighted by Gasteiger charge is 2.28. The summed E-state index contributed by atoms with van der Waals surface area (Å²) in [5, 5.41) is 2.63. The molecule has 7 nitrogen and oxygen atoms in total. The van der Waals surface area contributed by atoms with Gasteiger partial charge in [-0.15, -0.1) is 0 Å². The second-order valence-corrected chi connectivity index (χ2v) is 9.36. The van der Waals surface area contributed by atoms with E-state index < -0.39 is 22.5 Å². The molecule has 168 valence electrons. The van der Waals surface area contributed by atoms with Crippen molar-refractivity contribution in [2.45, 2.75) is 30.8 Å². The van der Waals surface area contributed by atoms with Gasteiger partial charge in [0.25, 0.3) is 5.91 Å². The number of fused-ring (bicyclic) bond motifs is 1. The normalized spacial score (nSPS) is 14.3. The van der Waals surface area contributed by atoms with Gasteiger partial charge in [0, 0.05) is 44.0 Å². The average Bonchev–Trinajstić information content (AvgIpc) is 3.27. The van der Waals surface area contributed by atoms with Crippen LogP contribution in [0.5, 0.6) is 0 Å². The number of aromatic nitrogens is 2. The van der Waals surface area contributed by atoms with Gasteiger partial charge < -0.3 is 5.32 Å². The van der Waals surface area contributed by atoms with Crippen molar-refractivity contribution in [3.05, 3.63) is 83.4 Å². The highest BCUT2D eigenvalue weighted by molar-refractivity contribution is 7.89. The number of rotatable bonds is 7. The minimum atomic E-state index is -3.78. The van der Waals surface area contributed by atoms with Crippen LogP contribution in [0.15, 0.2) is 65.8 Å². The van der Waals surface area contributed by atoms with E-state index in [-0.39, 0.29) is 35.8 Å². The summed E-state index contributed by atoms with van der Waals surface area (Å²) in [7, 11) is -3.78. The monoisotopic (exact) mass is 460 g/mol. The van der Waals surface area contributed by atoms with E-state index in [1.165, 1.54) is 41.0 Å². The zero-order valence-corrected chi connectivity index (χ0v) is 17.9. The topological polar surface area (TPSA) is 84.3 Å². The third-order valence-corrected chi connectivity index (χ3v) is 7.26. The maximum absolute atomic E-state index is 13.2. The number of alkyl halides is 2. The molecule has 0 atom stereocenters. The van der Waals surface area contributed by atoms with Crippen LogP contribution in [0.25, 0.3) is 0 Å². The lowest BCUT2D eigenvalue weighted by atomic mass is 10.0. The number of hydrogen-bond donors (Lipinski definition) is 1. The summed E-state index contributed by atoms with van der Waals surface area (Å²) in [4.78, 5) is 16.4. The van der Waals surface area contributed by atoms with Crippen LogP contribution >= 0.6 is 0 Å². The van der Waals surface area contributed by atoms with Crippen molar-refractivity contribution in [1.82, 2.24) is 19.2 Å². The maximum Gasteiger partial charge on any atom is 0.319 e. The molecule has 0 aliphatic carbocycles. The smallest absolute Gasteiger partial charge is 0.319 e. The molecule has 1 amide bonds. The van der Waals surface area contributed by atoms with Crippen LogP contribution in [0.4, 0.5) is 8.78 Å². The second kappa shape index (κ2) is 9.17. The van der Waals surface area contributed by atoms with Gasteiger partial charge in [0.05, 0.1) is 4.90 Å². The minimum Gasteiger partial charge on any atom is -0.352 e. The molecular formula is C22H22F2N4O3S. The summed E-state index contributed by atoms with van der Waals surface area (Å²) in [5.74, 6) is -0.330. The first kappa shape index (κ1) is 22.1. The van der Waals surface area contributed by atoms with E-state index in [9.17, 15) is 22.0 Å². The molecule has 1 aliphatic rings. The van der Waals surface area contributed by atoms with Crippen molar-refractivity contribution in [1.29, 1.82) is 0 Å². The summed E-state index contributed by atoms with van der Waals surface area (Å²) in [6.45, 7) is -1.97. The summed E-state index contributed by atoms with van der Waals surface area (Å²) >= 11 is 0. The Balaban J connectivity index is 1.43. The second-order valence-electron chi connectivity index (χ2n) is 7.42. The molecule has 0 fully saturated rings. The molecule has 0 bridgehead atoms. The van der Waals surface area contributed by atoms with E-state index in [1.807, 2.05) is 24.3 Å². The molecule has 0 saturated heterocycles. The molecule has 1 aliphatic heterocycles. The zero-order valence-electron chi connectivity index (χ0n) is 17.1. The van der Waals surface area contributed by atoms with Crippen molar-refractivity contribution in [3.8, 4) is 0 Å². The van der Waals surface area contributed by atoms with Gasteiger partial charge in [-0.05, 0) is 35.7 Å². The van der Waals surface area contributed by atoms with Crippen LogP contribution in [0.3, 0.4) is 0 Å². The molecule has 32 heavy (non-hydrogen) atoms. The molecule has 1 aromatic heterocycles. The quantitative estimate of drug-likeness (QED) is 0.588. The van der Waals surface area contributed by atoms with E-state index >= 15 is 0 Å². The Morgan fingerprint density at radius 2 is 1.91 bits per heavy atom. The van der Waals surface area contributed by atoms with E-state index in [2.05, 4.69) is 10.3 Å². The van der Waals surface area contributed by atoms with Gasteiger partial charge in [0.1, 0.15) is 5.82 Å². The van der Waals surface area contributed by atoms with Crippen molar-refractivity contribution in [2.24, 2.45) is 0 Å². The van der Waals surface area contributed by atoms with Crippen LogP contribution in [-0.4, -0.2) is 41.3 Å². The molecule has 2 heterocycles. The van der Waals surface area contributed by atoms with Crippen LogP contribution in [0.2, 0.25) is 0 Å². The van der Waals surface area contributed by atoms with Gasteiger partial charge in [-0.2, -0.15) is 13.1 Å². The highest BCUT2D eigenvalue weighted by Crippen LogP contribution is 2.25. The first-order valence-electron chi connectivity index (χ1n) is 10.1. The van der Waals surface area contributed by atoms with Crippen molar-refractivity contribution < 1.29 is 22.0 Å². The van der Waals surface area contributed by atoms with Gasteiger partial charge >= 0.3 is 6.55 Å². The Kier molecular flexibility index (Phi) is 6.33. The third kappa shape index (κ3) is 4.56. The first-order chi connectivity index (χ1) is 15.4. The fraction of sp³-hybridized carbons (Fsp3) is 0.273. The summed E-state index contributed by atoms with van der Waals surface area (Å²) in [6.07, 6.45) is 3.20. The van der Waals surface area contributed by atoms with Crippen molar-refractivity contribution in [2.75, 3.05) is 13.1 Å². The molecule has 2 aromatic carbocycles. The van der Waals surface area contributed by atoms with Gasteiger partial charge in [-0.25, -0.2) is 13.4 Å². The Bertz CT molecular complexity index is 1230. The molecule has 0 saturated carbocycles. The molecular weight excluding hydrogens is 438 g/mol. The SMILES string of the molecule is O=C(NCCc1nccn1C(F)F)c1cccc(S(=O)(=O)N2CCc3ccccc3C2)c1. The highest BCUT2D eigenvalue weighted by atomic mass is 32.2. The van der Waals surface area contributed by atoms with Crippen molar-refractivity contribution >= 4 is 15.9 Å². The fourth-order valence-corrected chi connectivity index (χ4v) is 5.19. The Hall–Kier alpha value is -3.11. The summed E-state index contributed by atoms with van der Waals surface area (Å²) < 4.78 is 54.2. The number of halogens is 2. The lowest BCUT2D eigenvalue weighted by molar-refractivity contribution is 0.0670. The molecule has 3 aromatic rings. The number of hydrogen-bond acceptors (Lipinski definition) is 4. The number of sulfonamides is 1. The number of imidazole rings is 1. The third-order valence-electron chi connectivity index (χ3n) is 5.42. The van der Waals surface area contributed by atoms with E-state index in [0.29, 0.717) is 13.0 Å². The minimum absolute atomic E-state index is 0.0396. The Morgan fingerprint density at radius 3 is 2.69 bits per heavy atom. The standard InChI is InChI=1S/C22H22F2N4O3S/c23-22(24)28-13-11-25-20(28)8-10-26-21(29)17-6-3-7-19(14-17)32(30,31)27-12-9-16-4-1-2-5-18(16)15-27/h1-7,11,13-14,22H,8-10,12,15H2,(H,26,29). The molecule has 4 rings (SSSR count). The molecule has 0 spiro atoms. The summed E-state index contributed by atoms with van der Waals surface area (Å²) in [5.41, 5.74) is 2.29. The number of carbonyl (C=O) groups is 1. The molecule has 10 heteroatoms. The lowest BCUT2D eigenvalue weighted by Gasteiger charge is -2.28. The lowest BCUT2D eigenvalue weighted by Crippen LogP contribution is -2.36. The number of amides is 1. The maximum atomic E-state index is 13.2. The van der Waals surface area contributed by atoms with Crippen molar-refractivity contribution in [3.63, 3.8) is 0 Å². The predicted octanol–water partition coefficient (Wildman–Crippen LogP) is 3.00. The van der Waals surface area contributed by atoms with E-state index in [1.54, 1.807) is 0 Å². The van der Waals surface area contributed by atoms with Crippen LogP contribution in [0.1, 0.15) is 33.9 Å². The van der Waals surface area contributed by atoms with Gasteiger partial charge in [0.15, 0.2) is 0 Å². The van der Waals surface area contributed by atoms with Crippen LogP contribution < -0.4 is 5.32 Å². The van der Waals surface area contributed by atoms with Crippen LogP contribution in [-0.2, 0) is 29.4 Å². The zero-order chi connectivity index (χ0) is 22.7. The molecule has 0 unspecified atom stereocenters. The predicted molar refractivity (Wildman–Crippen MR) is 114 cm³/mol. The average molecular weight is 461 g/mol. The van der Waals surface area contributed by atoms with Crippen LogP contribution in [0, 0.1) is 0 Å². The number of nitrogens with one attached hydrogen (secondary N) is 1. The molecule has 0 radical (unpaired) electrons. The number of nitrogens with zero attached hydrogens (tertiary/aromatic N) is 3. The fourth-order valence-electron chi connectivity index (χ4n) is 3.73. The van der Waals surface area contributed by atoms with Gasteiger partial charge in [-0.3, -0.25) is 9.36 Å². The van der Waals surface area contributed by atoms with E-state index in [0.717, 1.165) is 15.7 Å². The largest absolute Gasteiger partial charge is 0.352 e. The Morgan fingerprint density at radius 1 is 1.12 bits per heavy atom. The van der Waals surface area contributed by atoms with Gasteiger partial charge in [-0.1, -0.05) is 30.3 Å². The number of benzene rings is 2. The Labute approximate surface area is 184 Å². The van der Waals surface area contributed by atoms with Gasteiger partial charge in [0.2, 0.25) is 10.0 Å².